The number of amides is 2. The van der Waals surface area contributed by atoms with Gasteiger partial charge >= 0.3 is 12.0 Å². The van der Waals surface area contributed by atoms with Crippen LogP contribution in [0.3, 0.4) is 0 Å². The molecule has 2 rings (SSSR count). The van der Waals surface area contributed by atoms with E-state index < -0.39 is 12.0 Å². The molecule has 1 fully saturated rings. The highest BCUT2D eigenvalue weighted by Crippen LogP contribution is 2.23. The minimum atomic E-state index is -0.758. The lowest BCUT2D eigenvalue weighted by Crippen LogP contribution is -2.38. The Bertz CT molecular complexity index is 494. The predicted octanol–water partition coefficient (Wildman–Crippen LogP) is 1.35. The van der Waals surface area contributed by atoms with Gasteiger partial charge in [-0.25, -0.2) is 9.78 Å². The van der Waals surface area contributed by atoms with E-state index in [1.807, 2.05) is 11.0 Å². The summed E-state index contributed by atoms with van der Waals surface area (Å²) >= 11 is 3.62. The predicted molar refractivity (Wildman–Crippen MR) is 78.0 cm³/mol. The standard InChI is InChI=1S/C12H16N4O3S/c17-11(18)8-2-1-5-16(7-8)9-3-4-10(13-6-9)14-12(19)15-20/h3-4,6,8,20H,1-2,5,7H2,(H,17,18)(H2,13,14,15,19). The normalized spacial score (nSPS) is 18.4. The summed E-state index contributed by atoms with van der Waals surface area (Å²) in [6, 6.07) is 3.02. The fourth-order valence-corrected chi connectivity index (χ4v) is 2.26. The minimum Gasteiger partial charge on any atom is -0.481 e. The van der Waals surface area contributed by atoms with Crippen molar-refractivity contribution in [3.05, 3.63) is 18.3 Å². The van der Waals surface area contributed by atoms with Crippen molar-refractivity contribution >= 4 is 36.3 Å². The number of piperidine rings is 1. The lowest BCUT2D eigenvalue weighted by molar-refractivity contribution is -0.141. The number of pyridine rings is 1. The molecule has 2 heterocycles. The van der Waals surface area contributed by atoms with Crippen LogP contribution < -0.4 is 14.9 Å². The van der Waals surface area contributed by atoms with Crippen LogP contribution >= 0.6 is 12.8 Å². The van der Waals surface area contributed by atoms with Gasteiger partial charge in [0.2, 0.25) is 0 Å². The van der Waals surface area contributed by atoms with Gasteiger partial charge in [-0.15, -0.1) is 0 Å². The first kappa shape index (κ1) is 14.4. The molecule has 7 nitrogen and oxygen atoms in total. The maximum Gasteiger partial charge on any atom is 0.330 e. The van der Waals surface area contributed by atoms with Crippen LogP contribution in [0.25, 0.3) is 0 Å². The number of carboxylic acids is 1. The Morgan fingerprint density at radius 1 is 1.45 bits per heavy atom. The van der Waals surface area contributed by atoms with Crippen LogP contribution in [0, 0.1) is 5.92 Å². The third-order valence-electron chi connectivity index (χ3n) is 3.23. The number of aromatic nitrogens is 1. The first-order valence-corrected chi connectivity index (χ1v) is 6.70. The quantitative estimate of drug-likeness (QED) is 0.632. The summed E-state index contributed by atoms with van der Waals surface area (Å²) in [7, 11) is 0. The van der Waals surface area contributed by atoms with Crippen LogP contribution in [0.2, 0.25) is 0 Å². The first-order valence-electron chi connectivity index (χ1n) is 6.25. The average molecular weight is 296 g/mol. The number of hydrogen-bond donors (Lipinski definition) is 4. The van der Waals surface area contributed by atoms with E-state index in [0.717, 1.165) is 18.7 Å². The van der Waals surface area contributed by atoms with Gasteiger partial charge in [-0.05, 0) is 25.0 Å². The molecule has 0 saturated carbocycles. The molecule has 0 aliphatic carbocycles. The maximum absolute atomic E-state index is 11.1. The highest BCUT2D eigenvalue weighted by Gasteiger charge is 2.25. The molecule has 0 radical (unpaired) electrons. The molecular weight excluding hydrogens is 280 g/mol. The zero-order valence-electron chi connectivity index (χ0n) is 10.7. The number of carbonyl (C=O) groups is 2. The number of thiol groups is 1. The van der Waals surface area contributed by atoms with Gasteiger partial charge < -0.3 is 10.0 Å². The molecular formula is C12H16N4O3S. The Kier molecular flexibility index (Phi) is 4.67. The zero-order chi connectivity index (χ0) is 14.5. The highest BCUT2D eigenvalue weighted by molar-refractivity contribution is 7.78. The van der Waals surface area contributed by atoms with Crippen LogP contribution in [0.1, 0.15) is 12.8 Å². The highest BCUT2D eigenvalue weighted by atomic mass is 32.1. The molecule has 1 saturated heterocycles. The van der Waals surface area contributed by atoms with Gasteiger partial charge in [-0.1, -0.05) is 12.8 Å². The summed E-state index contributed by atoms with van der Waals surface area (Å²) in [6.45, 7) is 1.30. The largest absolute Gasteiger partial charge is 0.481 e. The van der Waals surface area contributed by atoms with Gasteiger partial charge in [0, 0.05) is 13.1 Å². The number of aliphatic carboxylic acids is 1. The number of rotatable bonds is 3. The summed E-state index contributed by atoms with van der Waals surface area (Å²) < 4.78 is 2.14. The third-order valence-corrected chi connectivity index (χ3v) is 3.43. The second kappa shape index (κ2) is 6.47. The van der Waals surface area contributed by atoms with Crippen molar-refractivity contribution in [1.82, 2.24) is 9.71 Å². The SMILES string of the molecule is O=C(NS)Nc1ccc(N2CCCC(C(=O)O)C2)cn1. The first-order chi connectivity index (χ1) is 9.60. The number of carboxylic acid groups (broad SMARTS) is 1. The molecule has 0 bridgehead atoms. The van der Waals surface area contributed by atoms with E-state index in [1.54, 1.807) is 12.3 Å². The Balaban J connectivity index is 2.02. The van der Waals surface area contributed by atoms with Crippen LogP contribution in [-0.2, 0) is 4.79 Å². The number of nitrogens with zero attached hydrogens (tertiary/aromatic N) is 2. The third kappa shape index (κ3) is 3.53. The Labute approximate surface area is 121 Å². The molecule has 0 spiro atoms. The second-order valence-corrected chi connectivity index (χ2v) is 4.81. The average Bonchev–Trinajstić information content (AvgIpc) is 2.48. The molecule has 20 heavy (non-hydrogen) atoms. The molecule has 1 aromatic heterocycles. The zero-order valence-corrected chi connectivity index (χ0v) is 11.6. The van der Waals surface area contributed by atoms with Crippen LogP contribution in [0.5, 0.6) is 0 Å². The second-order valence-electron chi connectivity index (χ2n) is 4.59. The van der Waals surface area contributed by atoms with Crippen molar-refractivity contribution in [3.63, 3.8) is 0 Å². The van der Waals surface area contributed by atoms with Gasteiger partial charge in [-0.3, -0.25) is 14.8 Å². The Morgan fingerprint density at radius 3 is 2.85 bits per heavy atom. The molecule has 1 atom stereocenters. The molecule has 1 aliphatic rings. The van der Waals surface area contributed by atoms with Crippen molar-refractivity contribution in [2.45, 2.75) is 12.8 Å². The van der Waals surface area contributed by atoms with Crippen molar-refractivity contribution < 1.29 is 14.7 Å². The molecule has 1 unspecified atom stereocenters. The monoisotopic (exact) mass is 296 g/mol. The minimum absolute atomic E-state index is 0.337. The molecule has 0 aromatic carbocycles. The fraction of sp³-hybridized carbons (Fsp3) is 0.417. The smallest absolute Gasteiger partial charge is 0.330 e. The van der Waals surface area contributed by atoms with Gasteiger partial charge in [0.05, 0.1) is 17.8 Å². The summed E-state index contributed by atoms with van der Waals surface area (Å²) in [6.07, 6.45) is 3.18. The van der Waals surface area contributed by atoms with Crippen molar-refractivity contribution in [2.24, 2.45) is 5.92 Å². The molecule has 1 aromatic rings. The Hall–Kier alpha value is -1.96. The van der Waals surface area contributed by atoms with Crippen LogP contribution in [0.15, 0.2) is 18.3 Å². The van der Waals surface area contributed by atoms with Crippen LogP contribution in [-0.4, -0.2) is 35.2 Å². The van der Waals surface area contributed by atoms with E-state index in [1.165, 1.54) is 0 Å². The van der Waals surface area contributed by atoms with Gasteiger partial charge in [0.15, 0.2) is 0 Å². The van der Waals surface area contributed by atoms with Gasteiger partial charge in [0.1, 0.15) is 5.82 Å². The van der Waals surface area contributed by atoms with E-state index >= 15 is 0 Å². The molecule has 1 aliphatic heterocycles. The molecule has 108 valence electrons. The molecule has 2 amide bonds. The van der Waals surface area contributed by atoms with Crippen LogP contribution in [0.4, 0.5) is 16.3 Å². The van der Waals surface area contributed by atoms with Crippen molar-refractivity contribution in [1.29, 1.82) is 0 Å². The topological polar surface area (TPSA) is 94.6 Å². The Morgan fingerprint density at radius 2 is 2.25 bits per heavy atom. The number of urea groups is 1. The lowest BCUT2D eigenvalue weighted by Gasteiger charge is -2.32. The number of hydrogen-bond acceptors (Lipinski definition) is 5. The van der Waals surface area contributed by atoms with E-state index in [-0.39, 0.29) is 5.92 Å². The summed E-state index contributed by atoms with van der Waals surface area (Å²) in [5, 5.41) is 11.6. The van der Waals surface area contributed by atoms with E-state index in [0.29, 0.717) is 18.8 Å². The van der Waals surface area contributed by atoms with Gasteiger partial charge in [0.25, 0.3) is 0 Å². The van der Waals surface area contributed by atoms with E-state index in [2.05, 4.69) is 27.8 Å². The molecule has 8 heteroatoms. The lowest BCUT2D eigenvalue weighted by atomic mass is 9.98. The van der Waals surface area contributed by atoms with E-state index in [4.69, 9.17) is 5.11 Å². The summed E-state index contributed by atoms with van der Waals surface area (Å²) in [5.74, 6) is -0.685. The molecule has 3 N–H and O–H groups in total. The number of anilines is 2. The summed E-state index contributed by atoms with van der Waals surface area (Å²) in [5.41, 5.74) is 0.854. The number of nitrogens with one attached hydrogen (secondary N) is 2. The summed E-state index contributed by atoms with van der Waals surface area (Å²) in [4.78, 5) is 28.2. The van der Waals surface area contributed by atoms with Crippen molar-refractivity contribution in [3.8, 4) is 0 Å². The fourth-order valence-electron chi connectivity index (χ4n) is 2.20. The van der Waals surface area contributed by atoms with Gasteiger partial charge in [-0.2, -0.15) is 0 Å². The number of carbonyl (C=O) groups excluding carboxylic acids is 1. The maximum atomic E-state index is 11.1. The van der Waals surface area contributed by atoms with E-state index in [9.17, 15) is 9.59 Å². The van der Waals surface area contributed by atoms with Crippen molar-refractivity contribution in [2.75, 3.05) is 23.3 Å².